The Hall–Kier alpha value is -1.15. The summed E-state index contributed by atoms with van der Waals surface area (Å²) in [5.74, 6) is -0.171. The van der Waals surface area contributed by atoms with E-state index in [4.69, 9.17) is 16.3 Å². The first-order valence-electron chi connectivity index (χ1n) is 7.95. The first-order valence-corrected chi connectivity index (χ1v) is 10.2. The molecule has 8 heteroatoms. The van der Waals surface area contributed by atoms with E-state index in [1.165, 1.54) is 10.6 Å². The van der Waals surface area contributed by atoms with Crippen molar-refractivity contribution >= 4 is 27.5 Å². The average molecular weight is 375 g/mol. The number of halogens is 1. The van der Waals surface area contributed by atoms with Gasteiger partial charge in [0.05, 0.1) is 6.26 Å². The van der Waals surface area contributed by atoms with Gasteiger partial charge in [0.15, 0.2) is 0 Å². The van der Waals surface area contributed by atoms with Crippen molar-refractivity contribution in [2.75, 3.05) is 32.5 Å². The molecule has 1 aromatic rings. The lowest BCUT2D eigenvalue weighted by molar-refractivity contribution is -0.130. The van der Waals surface area contributed by atoms with Crippen molar-refractivity contribution in [1.82, 2.24) is 9.62 Å². The average Bonchev–Trinajstić information content (AvgIpc) is 3.03. The second kappa shape index (κ2) is 8.80. The van der Waals surface area contributed by atoms with E-state index in [0.29, 0.717) is 24.6 Å². The second-order valence-corrected chi connectivity index (χ2v) is 8.25. The molecule has 0 saturated carbocycles. The zero-order valence-corrected chi connectivity index (χ0v) is 15.3. The zero-order chi connectivity index (χ0) is 17.6. The van der Waals surface area contributed by atoms with Crippen LogP contribution in [0.3, 0.4) is 0 Å². The highest BCUT2D eigenvalue weighted by Gasteiger charge is 2.23. The summed E-state index contributed by atoms with van der Waals surface area (Å²) < 4.78 is 30.5. The first kappa shape index (κ1) is 19.2. The number of carbonyl (C=O) groups is 1. The van der Waals surface area contributed by atoms with Crippen LogP contribution in [0.15, 0.2) is 24.3 Å². The third-order valence-electron chi connectivity index (χ3n) is 3.89. The molecule has 1 aromatic carbocycles. The number of hydrogen-bond donors (Lipinski definition) is 1. The van der Waals surface area contributed by atoms with Crippen LogP contribution in [0.4, 0.5) is 0 Å². The number of benzene rings is 1. The Morgan fingerprint density at radius 1 is 1.42 bits per heavy atom. The molecule has 1 saturated heterocycles. The summed E-state index contributed by atoms with van der Waals surface area (Å²) in [6.07, 6.45) is 2.94. The van der Waals surface area contributed by atoms with Crippen LogP contribution in [0, 0.1) is 0 Å². The molecule has 134 valence electrons. The van der Waals surface area contributed by atoms with Gasteiger partial charge in [-0.3, -0.25) is 4.79 Å². The number of hydrogen-bond acceptors (Lipinski definition) is 4. The van der Waals surface area contributed by atoms with Crippen LogP contribution < -0.4 is 5.32 Å². The van der Waals surface area contributed by atoms with Crippen LogP contribution in [0.5, 0.6) is 0 Å². The van der Waals surface area contributed by atoms with E-state index < -0.39 is 16.1 Å². The third kappa shape index (κ3) is 6.05. The van der Waals surface area contributed by atoms with Crippen LogP contribution in [-0.2, 0) is 26.0 Å². The van der Waals surface area contributed by atoms with Crippen molar-refractivity contribution in [3.8, 4) is 0 Å². The molecule has 0 radical (unpaired) electrons. The highest BCUT2D eigenvalue weighted by Crippen LogP contribution is 2.13. The van der Waals surface area contributed by atoms with Gasteiger partial charge in [-0.15, -0.1) is 0 Å². The zero-order valence-electron chi connectivity index (χ0n) is 13.7. The Morgan fingerprint density at radius 2 is 2.21 bits per heavy atom. The van der Waals surface area contributed by atoms with Gasteiger partial charge in [0.2, 0.25) is 15.9 Å². The first-order chi connectivity index (χ1) is 11.4. The molecule has 1 atom stereocenters. The van der Waals surface area contributed by atoms with E-state index >= 15 is 0 Å². The minimum absolute atomic E-state index is 0.171. The maximum absolute atomic E-state index is 11.9. The van der Waals surface area contributed by atoms with E-state index in [1.54, 1.807) is 6.07 Å². The number of carbonyl (C=O) groups excluding carboxylic acids is 1. The van der Waals surface area contributed by atoms with E-state index in [0.717, 1.165) is 18.4 Å². The predicted octanol–water partition coefficient (Wildman–Crippen LogP) is 1.44. The number of ether oxygens (including phenoxy) is 1. The van der Waals surface area contributed by atoms with E-state index in [9.17, 15) is 13.2 Å². The number of rotatable bonds is 8. The Labute approximate surface area is 148 Å². The van der Waals surface area contributed by atoms with Gasteiger partial charge in [0.1, 0.15) is 6.10 Å². The standard InChI is InChI=1S/C16H23ClN2O4S/c1-24(21,22)19(9-7-13-4-2-5-14(17)12-13)10-8-18-16(20)15-6-3-11-23-15/h2,4-5,12,15H,3,6-11H2,1H3,(H,18,20). The molecule has 1 N–H and O–H groups in total. The molecule has 0 aromatic heterocycles. The van der Waals surface area contributed by atoms with Gasteiger partial charge < -0.3 is 10.1 Å². The fraction of sp³-hybridized carbons (Fsp3) is 0.562. The van der Waals surface area contributed by atoms with Gasteiger partial charge in [-0.1, -0.05) is 23.7 Å². The highest BCUT2D eigenvalue weighted by atomic mass is 35.5. The molecule has 2 rings (SSSR count). The Kier molecular flexibility index (Phi) is 7.03. The normalized spacial score (nSPS) is 18.0. The summed E-state index contributed by atoms with van der Waals surface area (Å²) in [6, 6.07) is 7.34. The maximum Gasteiger partial charge on any atom is 0.249 e. The van der Waals surface area contributed by atoms with E-state index in [-0.39, 0.29) is 19.0 Å². The second-order valence-electron chi connectivity index (χ2n) is 5.83. The summed E-state index contributed by atoms with van der Waals surface area (Å²) in [6.45, 7) is 1.45. The number of sulfonamides is 1. The topological polar surface area (TPSA) is 75.7 Å². The van der Waals surface area contributed by atoms with E-state index in [2.05, 4.69) is 5.32 Å². The smallest absolute Gasteiger partial charge is 0.249 e. The molecule has 1 unspecified atom stereocenters. The molecule has 0 aliphatic carbocycles. The van der Waals surface area contributed by atoms with Crippen molar-refractivity contribution < 1.29 is 17.9 Å². The third-order valence-corrected chi connectivity index (χ3v) is 5.43. The molecule has 1 amide bonds. The quantitative estimate of drug-likeness (QED) is 0.747. The lowest BCUT2D eigenvalue weighted by Crippen LogP contribution is -2.41. The summed E-state index contributed by atoms with van der Waals surface area (Å²) in [4.78, 5) is 11.9. The summed E-state index contributed by atoms with van der Waals surface area (Å²) in [7, 11) is -3.34. The van der Waals surface area contributed by atoms with Crippen LogP contribution in [0.25, 0.3) is 0 Å². The summed E-state index contributed by atoms with van der Waals surface area (Å²) in [5, 5.41) is 3.37. The minimum Gasteiger partial charge on any atom is -0.368 e. The van der Waals surface area contributed by atoms with Gasteiger partial charge in [-0.2, -0.15) is 0 Å². The highest BCUT2D eigenvalue weighted by molar-refractivity contribution is 7.88. The Balaban J connectivity index is 1.83. The van der Waals surface area contributed by atoms with Gasteiger partial charge >= 0.3 is 0 Å². The molecule has 1 aliphatic rings. The lowest BCUT2D eigenvalue weighted by Gasteiger charge is -2.20. The SMILES string of the molecule is CS(=O)(=O)N(CCNC(=O)C1CCCO1)CCc1cccc(Cl)c1. The molecule has 24 heavy (non-hydrogen) atoms. The fourth-order valence-corrected chi connectivity index (χ4v) is 3.65. The number of nitrogens with one attached hydrogen (secondary N) is 1. The van der Waals surface area contributed by atoms with Crippen LogP contribution in [0.1, 0.15) is 18.4 Å². The summed E-state index contributed by atoms with van der Waals surface area (Å²) in [5.41, 5.74) is 0.972. The Morgan fingerprint density at radius 3 is 2.83 bits per heavy atom. The van der Waals surface area contributed by atoms with Crippen LogP contribution in [-0.4, -0.2) is 57.2 Å². The molecule has 0 spiro atoms. The molecule has 6 nitrogen and oxygen atoms in total. The number of amides is 1. The van der Waals surface area contributed by atoms with Crippen molar-refractivity contribution in [1.29, 1.82) is 0 Å². The molecule has 0 bridgehead atoms. The Bertz CT molecular complexity index is 660. The number of nitrogens with zero attached hydrogens (tertiary/aromatic N) is 1. The summed E-state index contributed by atoms with van der Waals surface area (Å²) >= 11 is 5.94. The molecule has 1 fully saturated rings. The van der Waals surface area contributed by atoms with Gasteiger partial charge in [0.25, 0.3) is 0 Å². The fourth-order valence-electron chi connectivity index (χ4n) is 2.59. The molecular weight excluding hydrogens is 352 g/mol. The van der Waals surface area contributed by atoms with Crippen LogP contribution in [0.2, 0.25) is 5.02 Å². The van der Waals surface area contributed by atoms with Crippen molar-refractivity contribution in [3.05, 3.63) is 34.9 Å². The van der Waals surface area contributed by atoms with Crippen molar-refractivity contribution in [2.45, 2.75) is 25.4 Å². The molecular formula is C16H23ClN2O4S. The van der Waals surface area contributed by atoms with Crippen LogP contribution >= 0.6 is 11.6 Å². The van der Waals surface area contributed by atoms with Crippen molar-refractivity contribution in [3.63, 3.8) is 0 Å². The van der Waals surface area contributed by atoms with E-state index in [1.807, 2.05) is 18.2 Å². The largest absolute Gasteiger partial charge is 0.368 e. The predicted molar refractivity (Wildman–Crippen MR) is 93.6 cm³/mol. The van der Waals surface area contributed by atoms with Gasteiger partial charge in [-0.25, -0.2) is 12.7 Å². The maximum atomic E-state index is 11.9. The molecule has 1 heterocycles. The monoisotopic (exact) mass is 374 g/mol. The lowest BCUT2D eigenvalue weighted by atomic mass is 10.1. The minimum atomic E-state index is -3.34. The molecule has 1 aliphatic heterocycles. The van der Waals surface area contributed by atoms with Crippen molar-refractivity contribution in [2.24, 2.45) is 0 Å². The van der Waals surface area contributed by atoms with Gasteiger partial charge in [0, 0.05) is 31.3 Å². The van der Waals surface area contributed by atoms with Gasteiger partial charge in [-0.05, 0) is 37.0 Å².